The van der Waals surface area contributed by atoms with E-state index in [-0.39, 0.29) is 24.9 Å². The average molecular weight is 414 g/mol. The van der Waals surface area contributed by atoms with Crippen LogP contribution in [0.5, 0.6) is 0 Å². The number of carbonyl (C=O) groups excluding carboxylic acids is 2. The molecule has 3 N–H and O–H groups in total. The van der Waals surface area contributed by atoms with Gasteiger partial charge in [0.2, 0.25) is 11.8 Å². The van der Waals surface area contributed by atoms with Crippen LogP contribution in [0.1, 0.15) is 18.4 Å². The molecule has 7 nitrogen and oxygen atoms in total. The summed E-state index contributed by atoms with van der Waals surface area (Å²) < 4.78 is 8.18. The van der Waals surface area contributed by atoms with Crippen LogP contribution in [-0.4, -0.2) is 44.6 Å². The number of rotatable bonds is 5. The average Bonchev–Trinajstić information content (AvgIpc) is 3.28. The third kappa shape index (κ3) is 3.98. The summed E-state index contributed by atoms with van der Waals surface area (Å²) in [5.41, 5.74) is 7.51. The van der Waals surface area contributed by atoms with Gasteiger partial charge >= 0.3 is 0 Å². The van der Waals surface area contributed by atoms with Gasteiger partial charge in [-0.15, -0.1) is 0 Å². The Kier molecular flexibility index (Phi) is 6.08. The molecule has 2 heterocycles. The van der Waals surface area contributed by atoms with Gasteiger partial charge in [-0.25, -0.2) is 0 Å². The molecule has 3 rings (SSSR count). The number of hydrogen-bond donors (Lipinski definition) is 2. The summed E-state index contributed by atoms with van der Waals surface area (Å²) in [6, 6.07) is 4.80. The first kappa shape index (κ1) is 19.0. The lowest BCUT2D eigenvalue weighted by molar-refractivity contribution is -0.137. The number of hydrogen-bond acceptors (Lipinski definition) is 6. The lowest BCUT2D eigenvalue weighted by Crippen LogP contribution is -2.47. The van der Waals surface area contributed by atoms with Gasteiger partial charge in [0.1, 0.15) is 11.7 Å². The van der Waals surface area contributed by atoms with E-state index in [9.17, 15) is 9.59 Å². The van der Waals surface area contributed by atoms with Crippen molar-refractivity contribution in [2.45, 2.75) is 25.4 Å². The van der Waals surface area contributed by atoms with Crippen LogP contribution in [0.4, 0.5) is 0 Å². The Morgan fingerprint density at radius 1 is 1.35 bits per heavy atom. The number of amides is 2. The molecule has 0 bridgehead atoms. The molecule has 1 aliphatic rings. The molecular formula is C16H17Cl2N5O2S. The van der Waals surface area contributed by atoms with Gasteiger partial charge in [0.25, 0.3) is 0 Å². The van der Waals surface area contributed by atoms with E-state index in [2.05, 4.69) is 14.1 Å². The third-order valence-electron chi connectivity index (χ3n) is 4.27. The molecular weight excluding hydrogens is 397 g/mol. The lowest BCUT2D eigenvalue weighted by atomic mass is 10.0. The second kappa shape index (κ2) is 8.30. The van der Waals surface area contributed by atoms with Crippen molar-refractivity contribution in [3.63, 3.8) is 0 Å². The summed E-state index contributed by atoms with van der Waals surface area (Å²) in [7, 11) is 0. The number of aromatic nitrogens is 2. The number of nitrogens with zero attached hydrogens (tertiary/aromatic N) is 3. The quantitative estimate of drug-likeness (QED) is 0.780. The highest BCUT2D eigenvalue weighted by molar-refractivity contribution is 6.99. The molecule has 2 amide bonds. The van der Waals surface area contributed by atoms with E-state index < -0.39 is 6.04 Å². The van der Waals surface area contributed by atoms with Gasteiger partial charge in [0, 0.05) is 23.7 Å². The first-order valence-corrected chi connectivity index (χ1v) is 9.54. The Balaban J connectivity index is 1.75. The second-order valence-electron chi connectivity index (χ2n) is 5.87. The monoisotopic (exact) mass is 413 g/mol. The Hall–Kier alpha value is -1.74. The molecule has 0 radical (unpaired) electrons. The van der Waals surface area contributed by atoms with Crippen LogP contribution in [0, 0.1) is 0 Å². The minimum atomic E-state index is -0.488. The van der Waals surface area contributed by atoms with Crippen LogP contribution in [0.15, 0.2) is 18.2 Å². The Morgan fingerprint density at radius 3 is 2.85 bits per heavy atom. The van der Waals surface area contributed by atoms with Gasteiger partial charge in [0.15, 0.2) is 5.15 Å². The highest BCUT2D eigenvalue weighted by Crippen LogP contribution is 2.30. The number of nitrogens with one attached hydrogen (secondary N) is 1. The molecule has 1 atom stereocenters. The van der Waals surface area contributed by atoms with E-state index in [1.54, 1.807) is 18.2 Å². The van der Waals surface area contributed by atoms with Crippen molar-refractivity contribution in [3.05, 3.63) is 33.9 Å². The van der Waals surface area contributed by atoms with Crippen LogP contribution in [-0.2, 0) is 16.1 Å². The van der Waals surface area contributed by atoms with Gasteiger partial charge in [0.05, 0.1) is 18.3 Å². The molecule has 0 saturated carbocycles. The molecule has 2 aromatic rings. The first-order chi connectivity index (χ1) is 12.5. The normalized spacial score (nSPS) is 16.7. The van der Waals surface area contributed by atoms with Crippen LogP contribution in [0.25, 0.3) is 11.3 Å². The maximum atomic E-state index is 12.6. The zero-order valence-electron chi connectivity index (χ0n) is 13.7. The predicted molar refractivity (Wildman–Crippen MR) is 101 cm³/mol. The Bertz CT molecular complexity index is 829. The van der Waals surface area contributed by atoms with Crippen LogP contribution in [0.3, 0.4) is 0 Å². The molecule has 1 aromatic carbocycles. The molecule has 10 heteroatoms. The smallest absolute Gasteiger partial charge is 0.243 e. The first-order valence-electron chi connectivity index (χ1n) is 8.05. The molecule has 0 aliphatic carbocycles. The Labute approximate surface area is 164 Å². The fourth-order valence-electron chi connectivity index (χ4n) is 3.03. The van der Waals surface area contributed by atoms with Gasteiger partial charge in [-0.2, -0.15) is 8.75 Å². The highest BCUT2D eigenvalue weighted by atomic mass is 35.5. The van der Waals surface area contributed by atoms with Crippen LogP contribution in [0.2, 0.25) is 10.2 Å². The van der Waals surface area contributed by atoms with Gasteiger partial charge in [-0.05, 0) is 30.5 Å². The maximum Gasteiger partial charge on any atom is 0.243 e. The van der Waals surface area contributed by atoms with Crippen molar-refractivity contribution in [2.75, 3.05) is 13.1 Å². The highest BCUT2D eigenvalue weighted by Gasteiger charge is 2.33. The van der Waals surface area contributed by atoms with Crippen molar-refractivity contribution < 1.29 is 9.59 Å². The zero-order valence-corrected chi connectivity index (χ0v) is 16.1. The van der Waals surface area contributed by atoms with Gasteiger partial charge in [-0.1, -0.05) is 29.3 Å². The fraction of sp³-hybridized carbons (Fsp3) is 0.375. The van der Waals surface area contributed by atoms with Crippen molar-refractivity contribution >= 4 is 46.7 Å². The zero-order chi connectivity index (χ0) is 18.7. The van der Waals surface area contributed by atoms with E-state index in [1.807, 2.05) is 0 Å². The minimum absolute atomic E-state index is 0.0997. The third-order valence-corrected chi connectivity index (χ3v) is 5.40. The van der Waals surface area contributed by atoms with E-state index in [0.717, 1.165) is 29.3 Å². The van der Waals surface area contributed by atoms with Gasteiger partial charge in [-0.3, -0.25) is 9.59 Å². The van der Waals surface area contributed by atoms with E-state index in [1.165, 1.54) is 4.90 Å². The molecule has 1 aromatic heterocycles. The molecule has 1 saturated heterocycles. The van der Waals surface area contributed by atoms with E-state index in [0.29, 0.717) is 28.8 Å². The number of likely N-dealkylation sites (tertiary alicyclic amines) is 1. The largest absolute Gasteiger partial charge is 0.350 e. The lowest BCUT2D eigenvalue weighted by Gasteiger charge is -2.23. The maximum absolute atomic E-state index is 12.6. The van der Waals surface area contributed by atoms with Crippen molar-refractivity contribution in [1.82, 2.24) is 19.0 Å². The van der Waals surface area contributed by atoms with Crippen molar-refractivity contribution in [2.24, 2.45) is 5.73 Å². The van der Waals surface area contributed by atoms with E-state index in [4.69, 9.17) is 28.9 Å². The van der Waals surface area contributed by atoms with Crippen molar-refractivity contribution in [1.29, 1.82) is 0 Å². The van der Waals surface area contributed by atoms with Crippen molar-refractivity contribution in [3.8, 4) is 11.3 Å². The van der Waals surface area contributed by atoms with Crippen LogP contribution < -0.4 is 11.1 Å². The summed E-state index contributed by atoms with van der Waals surface area (Å²) >= 11 is 13.2. The van der Waals surface area contributed by atoms with Gasteiger partial charge < -0.3 is 16.0 Å². The predicted octanol–water partition coefficient (Wildman–Crippen LogP) is 2.08. The number of halogens is 2. The summed E-state index contributed by atoms with van der Waals surface area (Å²) in [5, 5.41) is 3.72. The molecule has 0 unspecified atom stereocenters. The summed E-state index contributed by atoms with van der Waals surface area (Å²) in [6.07, 6.45) is 1.41. The molecule has 26 heavy (non-hydrogen) atoms. The Morgan fingerprint density at radius 2 is 2.15 bits per heavy atom. The topological polar surface area (TPSA) is 101 Å². The van der Waals surface area contributed by atoms with Crippen LogP contribution >= 0.6 is 34.9 Å². The summed E-state index contributed by atoms with van der Waals surface area (Å²) in [6.45, 7) is 0.692. The molecule has 138 valence electrons. The number of carbonyl (C=O) groups is 2. The molecule has 0 spiro atoms. The fourth-order valence-corrected chi connectivity index (χ4v) is 3.98. The standard InChI is InChI=1S/C16H17Cl2N5O2S/c17-10-3-4-11(14-15(18)22-26-21-14)9(6-10)8-20-16(25)12-2-1-5-23(12)13(24)7-19/h3-4,6,12H,1-2,5,7-8,19H2,(H,20,25)/t12-/m0/s1. The minimum Gasteiger partial charge on any atom is -0.350 e. The molecule has 1 fully saturated rings. The summed E-state index contributed by atoms with van der Waals surface area (Å²) in [5.74, 6) is -0.427. The number of nitrogens with two attached hydrogens (primary N) is 1. The van der Waals surface area contributed by atoms with E-state index >= 15 is 0 Å². The number of benzene rings is 1. The SMILES string of the molecule is NCC(=O)N1CCC[C@H]1C(=O)NCc1cc(Cl)ccc1-c1nsnc1Cl. The second-order valence-corrected chi connectivity index (χ2v) is 7.20. The molecule has 1 aliphatic heterocycles. The summed E-state index contributed by atoms with van der Waals surface area (Å²) in [4.78, 5) is 26.0.